The van der Waals surface area contributed by atoms with Crippen LogP contribution in [0.25, 0.3) is 0 Å². The molecule has 18 heavy (non-hydrogen) atoms. The van der Waals surface area contributed by atoms with Crippen molar-refractivity contribution in [1.82, 2.24) is 4.90 Å². The van der Waals surface area contributed by atoms with E-state index in [0.29, 0.717) is 19.5 Å². The first kappa shape index (κ1) is 14.9. The van der Waals surface area contributed by atoms with Crippen LogP contribution >= 0.6 is 0 Å². The van der Waals surface area contributed by atoms with Crippen molar-refractivity contribution in [3.05, 3.63) is 0 Å². The normalized spacial score (nSPS) is 20.1. The summed E-state index contributed by atoms with van der Waals surface area (Å²) in [4.78, 5) is 23.8. The minimum Gasteiger partial charge on any atom is -0.481 e. The van der Waals surface area contributed by atoms with Gasteiger partial charge in [-0.2, -0.15) is 0 Å². The number of hydrogen-bond donors (Lipinski definition) is 1. The van der Waals surface area contributed by atoms with E-state index >= 15 is 0 Å². The maximum Gasteiger partial charge on any atom is 0.303 e. The van der Waals surface area contributed by atoms with Crippen LogP contribution in [0, 0.1) is 5.92 Å². The predicted molar refractivity (Wildman–Crippen MR) is 65.9 cm³/mol. The fraction of sp³-hybridized carbons (Fsp3) is 0.818. The van der Waals surface area contributed by atoms with Gasteiger partial charge in [0.25, 0.3) is 0 Å². The lowest BCUT2D eigenvalue weighted by atomic mass is 10.0. The van der Waals surface area contributed by atoms with Gasteiger partial charge in [0.15, 0.2) is 0 Å². The van der Waals surface area contributed by atoms with Gasteiger partial charge in [0.1, 0.15) is 9.84 Å². The minimum atomic E-state index is -3.11. The van der Waals surface area contributed by atoms with Gasteiger partial charge in [0.2, 0.25) is 5.91 Å². The van der Waals surface area contributed by atoms with Gasteiger partial charge in [-0.3, -0.25) is 9.59 Å². The van der Waals surface area contributed by atoms with E-state index < -0.39 is 15.8 Å². The summed E-state index contributed by atoms with van der Waals surface area (Å²) < 4.78 is 21.9. The Morgan fingerprint density at radius 1 is 1.33 bits per heavy atom. The Bertz CT molecular complexity index is 417. The Morgan fingerprint density at radius 3 is 2.56 bits per heavy atom. The highest BCUT2D eigenvalue weighted by Crippen LogP contribution is 2.21. The molecule has 1 aliphatic heterocycles. The van der Waals surface area contributed by atoms with E-state index in [1.54, 1.807) is 4.90 Å². The van der Waals surface area contributed by atoms with Crippen molar-refractivity contribution >= 4 is 21.7 Å². The van der Waals surface area contributed by atoms with Crippen molar-refractivity contribution in [3.8, 4) is 0 Å². The van der Waals surface area contributed by atoms with Crippen LogP contribution in [0.2, 0.25) is 0 Å². The number of carboxylic acid groups (broad SMARTS) is 1. The summed E-state index contributed by atoms with van der Waals surface area (Å²) in [5.74, 6) is -0.874. The number of hydrogen-bond acceptors (Lipinski definition) is 4. The quantitative estimate of drug-likeness (QED) is 0.745. The Hall–Kier alpha value is -1.11. The molecule has 1 fully saturated rings. The second-order valence-electron chi connectivity index (χ2n) is 4.81. The molecule has 7 heteroatoms. The maximum atomic E-state index is 11.7. The third-order valence-corrected chi connectivity index (χ3v) is 4.04. The maximum absolute atomic E-state index is 11.7. The number of carboxylic acids is 1. The first-order valence-corrected chi connectivity index (χ1v) is 8.01. The number of amides is 1. The van der Waals surface area contributed by atoms with Gasteiger partial charge in [0, 0.05) is 32.2 Å². The molecule has 0 spiro atoms. The summed E-state index contributed by atoms with van der Waals surface area (Å²) in [5, 5.41) is 8.58. The Morgan fingerprint density at radius 2 is 2.00 bits per heavy atom. The topological polar surface area (TPSA) is 91.8 Å². The molecule has 1 N–H and O–H groups in total. The number of carbonyl (C=O) groups is 2. The summed E-state index contributed by atoms with van der Waals surface area (Å²) >= 11 is 0. The van der Waals surface area contributed by atoms with E-state index in [2.05, 4.69) is 0 Å². The van der Waals surface area contributed by atoms with Gasteiger partial charge in [-0.15, -0.1) is 0 Å². The molecule has 1 saturated heterocycles. The van der Waals surface area contributed by atoms with Crippen LogP contribution in [0.1, 0.15) is 25.7 Å². The molecule has 1 aliphatic rings. The summed E-state index contributed by atoms with van der Waals surface area (Å²) in [7, 11) is -3.11. The van der Waals surface area contributed by atoms with Crippen LogP contribution in [0.4, 0.5) is 0 Å². The third kappa shape index (κ3) is 5.48. The number of carbonyl (C=O) groups excluding carboxylic acids is 1. The molecule has 1 rings (SSSR count). The zero-order chi connectivity index (χ0) is 13.8. The number of rotatable bonds is 6. The molecule has 1 unspecified atom stereocenters. The highest BCUT2D eigenvalue weighted by Gasteiger charge is 2.26. The number of aliphatic carboxylic acids is 1. The molecule has 0 radical (unpaired) electrons. The van der Waals surface area contributed by atoms with Crippen molar-refractivity contribution in [1.29, 1.82) is 0 Å². The van der Waals surface area contributed by atoms with Crippen molar-refractivity contribution in [2.24, 2.45) is 5.92 Å². The molecule has 0 aromatic rings. The van der Waals surface area contributed by atoms with E-state index in [1.165, 1.54) is 0 Å². The summed E-state index contributed by atoms with van der Waals surface area (Å²) in [6.07, 6.45) is 2.63. The van der Waals surface area contributed by atoms with Crippen LogP contribution < -0.4 is 0 Å². The van der Waals surface area contributed by atoms with Crippen LogP contribution in [0.3, 0.4) is 0 Å². The zero-order valence-corrected chi connectivity index (χ0v) is 11.3. The number of sulfone groups is 1. The average Bonchev–Trinajstić information content (AvgIpc) is 2.70. The monoisotopic (exact) mass is 277 g/mol. The van der Waals surface area contributed by atoms with Gasteiger partial charge in [0.05, 0.1) is 5.75 Å². The van der Waals surface area contributed by atoms with Crippen LogP contribution in [0.15, 0.2) is 0 Å². The van der Waals surface area contributed by atoms with Crippen molar-refractivity contribution in [2.75, 3.05) is 25.1 Å². The van der Waals surface area contributed by atoms with Gasteiger partial charge < -0.3 is 10.0 Å². The molecule has 0 saturated carbocycles. The Labute approximate surface area is 107 Å². The molecule has 1 heterocycles. The lowest BCUT2D eigenvalue weighted by Crippen LogP contribution is -2.30. The van der Waals surface area contributed by atoms with Gasteiger partial charge in [-0.1, -0.05) is 0 Å². The molecule has 0 aromatic heterocycles. The average molecular weight is 277 g/mol. The first-order valence-electron chi connectivity index (χ1n) is 5.95. The van der Waals surface area contributed by atoms with Gasteiger partial charge in [-0.05, 0) is 18.8 Å². The zero-order valence-electron chi connectivity index (χ0n) is 10.5. The largest absolute Gasteiger partial charge is 0.481 e. The molecular weight excluding hydrogens is 258 g/mol. The van der Waals surface area contributed by atoms with Gasteiger partial charge >= 0.3 is 5.97 Å². The molecule has 1 amide bonds. The molecule has 0 aromatic carbocycles. The molecule has 6 nitrogen and oxygen atoms in total. The number of nitrogens with zero attached hydrogens (tertiary/aromatic N) is 1. The van der Waals surface area contributed by atoms with Crippen LogP contribution in [-0.4, -0.2) is 55.4 Å². The second-order valence-corrected chi connectivity index (χ2v) is 7.07. The molecular formula is C11H19NO5S. The van der Waals surface area contributed by atoms with E-state index in [9.17, 15) is 18.0 Å². The smallest absolute Gasteiger partial charge is 0.303 e. The third-order valence-electron chi connectivity index (χ3n) is 3.09. The summed E-state index contributed by atoms with van der Waals surface area (Å²) in [6.45, 7) is 1.16. The van der Waals surface area contributed by atoms with E-state index in [4.69, 9.17) is 5.11 Å². The van der Waals surface area contributed by atoms with Crippen LogP contribution in [-0.2, 0) is 19.4 Å². The highest BCUT2D eigenvalue weighted by atomic mass is 32.2. The molecule has 104 valence electrons. The lowest BCUT2D eigenvalue weighted by Gasteiger charge is -2.16. The summed E-state index contributed by atoms with van der Waals surface area (Å²) in [6, 6.07) is 0. The minimum absolute atomic E-state index is 0.0183. The second kappa shape index (κ2) is 6.17. The van der Waals surface area contributed by atoms with Crippen molar-refractivity contribution < 1.29 is 23.1 Å². The standard InChI is InChI=1S/C11H19NO5S/c1-18(16,17)7-5-10(13)12-6-4-9(8-12)2-3-11(14)15/h9H,2-8H2,1H3,(H,14,15). The van der Waals surface area contributed by atoms with Crippen LogP contribution in [0.5, 0.6) is 0 Å². The fourth-order valence-electron chi connectivity index (χ4n) is 2.05. The molecule has 0 bridgehead atoms. The summed E-state index contributed by atoms with van der Waals surface area (Å²) in [5.41, 5.74) is 0. The van der Waals surface area contributed by atoms with Crippen molar-refractivity contribution in [2.45, 2.75) is 25.7 Å². The van der Waals surface area contributed by atoms with E-state index in [0.717, 1.165) is 12.7 Å². The van der Waals surface area contributed by atoms with Gasteiger partial charge in [-0.25, -0.2) is 8.42 Å². The number of likely N-dealkylation sites (tertiary alicyclic amines) is 1. The Kier molecular flexibility index (Phi) is 5.13. The molecule has 1 atom stereocenters. The first-order chi connectivity index (χ1) is 8.28. The SMILES string of the molecule is CS(=O)(=O)CCC(=O)N1CCC(CCC(=O)O)C1. The highest BCUT2D eigenvalue weighted by molar-refractivity contribution is 7.90. The fourth-order valence-corrected chi connectivity index (χ4v) is 2.60. The Balaban J connectivity index is 2.32. The van der Waals surface area contributed by atoms with E-state index in [-0.39, 0.29) is 30.4 Å². The molecule has 0 aliphatic carbocycles. The van der Waals surface area contributed by atoms with Crippen molar-refractivity contribution in [3.63, 3.8) is 0 Å². The lowest BCUT2D eigenvalue weighted by molar-refractivity contribution is -0.137. The van der Waals surface area contributed by atoms with E-state index in [1.807, 2.05) is 0 Å². The predicted octanol–water partition coefficient (Wildman–Crippen LogP) is 0.134.